The van der Waals surface area contributed by atoms with E-state index < -0.39 is 32.9 Å². The molecule has 4 N–H and O–H groups in total. The van der Waals surface area contributed by atoms with Gasteiger partial charge < -0.3 is 24.7 Å². The van der Waals surface area contributed by atoms with Crippen LogP contribution in [-0.4, -0.2) is 45.1 Å². The molecule has 0 aromatic rings. The molecule has 0 bridgehead atoms. The van der Waals surface area contributed by atoms with Gasteiger partial charge in [-0.1, -0.05) is 0 Å². The van der Waals surface area contributed by atoms with E-state index in [4.69, 9.17) is 24.7 Å². The fourth-order valence-electron chi connectivity index (χ4n) is 1.08. The van der Waals surface area contributed by atoms with Crippen molar-refractivity contribution in [2.24, 2.45) is 0 Å². The minimum atomic E-state index is -4.60. The summed E-state index contributed by atoms with van der Waals surface area (Å²) in [5.41, 5.74) is 0. The Kier molecular flexibility index (Phi) is 3.42. The molecule has 0 aliphatic carbocycles. The van der Waals surface area contributed by atoms with E-state index in [1.807, 2.05) is 0 Å². The van der Waals surface area contributed by atoms with Crippen LogP contribution in [-0.2, 0) is 13.8 Å². The van der Waals surface area contributed by atoms with Crippen LogP contribution in [0.25, 0.3) is 0 Å². The van der Waals surface area contributed by atoms with Gasteiger partial charge >= 0.3 is 7.82 Å². The van der Waals surface area contributed by atoms with Crippen molar-refractivity contribution < 1.29 is 33.8 Å². The Morgan fingerprint density at radius 2 is 2.15 bits per heavy atom. The van der Waals surface area contributed by atoms with Crippen LogP contribution in [0, 0.1) is 0 Å². The number of phosphoric acid groups is 1. The summed E-state index contributed by atoms with van der Waals surface area (Å²) in [6, 6.07) is 0. The Morgan fingerprint density at radius 1 is 1.54 bits per heavy atom. The highest BCUT2D eigenvalue weighted by atomic mass is 31.2. The molecule has 0 spiro atoms. The molecule has 0 aromatic heterocycles. The maximum Gasteiger partial charge on any atom is 0.471 e. The first kappa shape index (κ1) is 11.1. The fourth-order valence-corrected chi connectivity index (χ4v) is 1.52. The first-order chi connectivity index (χ1) is 5.92. The van der Waals surface area contributed by atoms with Crippen molar-refractivity contribution in [3.63, 3.8) is 0 Å². The predicted molar refractivity (Wildman–Crippen MR) is 39.5 cm³/mol. The molecule has 1 heterocycles. The van der Waals surface area contributed by atoms with Crippen molar-refractivity contribution in [2.45, 2.75) is 24.9 Å². The van der Waals surface area contributed by atoms with Crippen molar-refractivity contribution in [1.29, 1.82) is 0 Å². The molecule has 1 rings (SSSR count). The molecule has 0 radical (unpaired) electrons. The molecule has 8 heteroatoms. The molecule has 1 aliphatic rings. The third kappa shape index (κ3) is 3.32. The van der Waals surface area contributed by atoms with Gasteiger partial charge in [-0.3, -0.25) is 4.52 Å². The van der Waals surface area contributed by atoms with Crippen LogP contribution < -0.4 is 0 Å². The lowest BCUT2D eigenvalue weighted by Gasteiger charge is -2.12. The molecule has 1 fully saturated rings. The summed E-state index contributed by atoms with van der Waals surface area (Å²) < 4.78 is 19.3. The number of rotatable bonds is 3. The van der Waals surface area contributed by atoms with Crippen molar-refractivity contribution >= 4 is 7.82 Å². The zero-order valence-electron chi connectivity index (χ0n) is 6.61. The standard InChI is InChI=1S/C5H11O7P/c6-2-4-3(7)1-5(11-4)12-13(8,9)10/h3-7H,1-2H2,(H2,8,9,10)/t3-,4+,5-/m0/s1. The number of hydrogen-bond donors (Lipinski definition) is 4. The number of phosphoric ester groups is 1. The zero-order valence-corrected chi connectivity index (χ0v) is 7.50. The summed E-state index contributed by atoms with van der Waals surface area (Å²) in [4.78, 5) is 16.8. The second-order valence-corrected chi connectivity index (χ2v) is 3.88. The summed E-state index contributed by atoms with van der Waals surface area (Å²) in [6.45, 7) is -0.414. The van der Waals surface area contributed by atoms with Gasteiger partial charge in [-0.05, 0) is 0 Å². The van der Waals surface area contributed by atoms with E-state index in [1.165, 1.54) is 0 Å². The minimum absolute atomic E-state index is 0.0592. The number of hydrogen-bond acceptors (Lipinski definition) is 5. The molecule has 7 nitrogen and oxygen atoms in total. The van der Waals surface area contributed by atoms with Gasteiger partial charge in [0.1, 0.15) is 6.10 Å². The zero-order chi connectivity index (χ0) is 10.1. The highest BCUT2D eigenvalue weighted by molar-refractivity contribution is 7.46. The molecule has 0 aromatic carbocycles. The van der Waals surface area contributed by atoms with E-state index >= 15 is 0 Å². The van der Waals surface area contributed by atoms with Crippen LogP contribution >= 0.6 is 7.82 Å². The number of aliphatic hydroxyl groups is 2. The summed E-state index contributed by atoms with van der Waals surface area (Å²) >= 11 is 0. The highest BCUT2D eigenvalue weighted by Crippen LogP contribution is 2.40. The van der Waals surface area contributed by atoms with Crippen molar-refractivity contribution in [1.82, 2.24) is 0 Å². The van der Waals surface area contributed by atoms with Gasteiger partial charge in [-0.25, -0.2) is 4.57 Å². The average Bonchev–Trinajstić information content (AvgIpc) is 2.26. The Labute approximate surface area is 74.1 Å². The Balaban J connectivity index is 2.45. The van der Waals surface area contributed by atoms with Gasteiger partial charge in [-0.15, -0.1) is 0 Å². The summed E-state index contributed by atoms with van der Waals surface area (Å²) in [5, 5.41) is 17.8. The lowest BCUT2D eigenvalue weighted by Crippen LogP contribution is -2.24. The Bertz CT molecular complexity index is 213. The molecular formula is C5H11O7P. The van der Waals surface area contributed by atoms with Gasteiger partial charge in [-0.2, -0.15) is 0 Å². The van der Waals surface area contributed by atoms with E-state index in [2.05, 4.69) is 4.52 Å². The largest absolute Gasteiger partial charge is 0.471 e. The van der Waals surface area contributed by atoms with E-state index in [9.17, 15) is 4.57 Å². The molecule has 0 saturated carbocycles. The second-order valence-electron chi connectivity index (χ2n) is 2.69. The fraction of sp³-hybridized carbons (Fsp3) is 1.00. The molecule has 1 aliphatic heterocycles. The monoisotopic (exact) mass is 214 g/mol. The Morgan fingerprint density at radius 3 is 2.54 bits per heavy atom. The van der Waals surface area contributed by atoms with E-state index in [1.54, 1.807) is 0 Å². The predicted octanol–water partition coefficient (Wildman–Crippen LogP) is -1.44. The van der Waals surface area contributed by atoms with Gasteiger partial charge in [0.05, 0.1) is 12.7 Å². The van der Waals surface area contributed by atoms with Gasteiger partial charge in [0.25, 0.3) is 0 Å². The summed E-state index contributed by atoms with van der Waals surface area (Å²) in [7, 11) is -4.60. The molecule has 78 valence electrons. The van der Waals surface area contributed by atoms with Crippen LogP contribution in [0.2, 0.25) is 0 Å². The van der Waals surface area contributed by atoms with Gasteiger partial charge in [0, 0.05) is 6.42 Å². The van der Waals surface area contributed by atoms with Crippen molar-refractivity contribution in [3.05, 3.63) is 0 Å². The lowest BCUT2D eigenvalue weighted by molar-refractivity contribution is -0.102. The lowest BCUT2D eigenvalue weighted by atomic mass is 10.2. The summed E-state index contributed by atoms with van der Waals surface area (Å²) in [6.07, 6.45) is -3.01. The minimum Gasteiger partial charge on any atom is -0.394 e. The smallest absolute Gasteiger partial charge is 0.394 e. The average molecular weight is 214 g/mol. The summed E-state index contributed by atoms with van der Waals surface area (Å²) in [5.74, 6) is 0. The Hall–Kier alpha value is -0.0100. The first-order valence-electron chi connectivity index (χ1n) is 3.60. The maximum absolute atomic E-state index is 10.3. The van der Waals surface area contributed by atoms with Crippen LogP contribution in [0.4, 0.5) is 0 Å². The normalized spacial score (nSPS) is 35.2. The third-order valence-corrected chi connectivity index (χ3v) is 2.13. The van der Waals surface area contributed by atoms with E-state index in [0.717, 1.165) is 0 Å². The molecule has 1 saturated heterocycles. The molecule has 0 amide bonds. The molecule has 13 heavy (non-hydrogen) atoms. The van der Waals surface area contributed by atoms with Crippen molar-refractivity contribution in [3.8, 4) is 0 Å². The van der Waals surface area contributed by atoms with Crippen LogP contribution in [0.5, 0.6) is 0 Å². The second kappa shape index (κ2) is 4.02. The topological polar surface area (TPSA) is 116 Å². The quantitative estimate of drug-likeness (QED) is 0.425. The van der Waals surface area contributed by atoms with E-state index in [-0.39, 0.29) is 6.42 Å². The third-order valence-electron chi connectivity index (χ3n) is 1.62. The first-order valence-corrected chi connectivity index (χ1v) is 5.14. The van der Waals surface area contributed by atoms with Gasteiger partial charge in [0.2, 0.25) is 0 Å². The molecule has 0 unspecified atom stereocenters. The van der Waals surface area contributed by atoms with Crippen LogP contribution in [0.15, 0.2) is 0 Å². The highest BCUT2D eigenvalue weighted by Gasteiger charge is 2.37. The van der Waals surface area contributed by atoms with Gasteiger partial charge in [0.15, 0.2) is 6.29 Å². The van der Waals surface area contributed by atoms with Crippen LogP contribution in [0.3, 0.4) is 0 Å². The number of ether oxygens (including phenoxy) is 1. The molecular weight excluding hydrogens is 203 g/mol. The SMILES string of the molecule is O=P(O)(O)O[C@H]1C[C@H](O)[C@@H](CO)O1. The van der Waals surface area contributed by atoms with E-state index in [0.29, 0.717) is 0 Å². The van der Waals surface area contributed by atoms with Crippen LogP contribution in [0.1, 0.15) is 6.42 Å². The molecule has 3 atom stereocenters. The number of aliphatic hydroxyl groups excluding tert-OH is 2. The van der Waals surface area contributed by atoms with Crippen molar-refractivity contribution in [2.75, 3.05) is 6.61 Å². The maximum atomic E-state index is 10.3.